The molecule has 72 valence electrons. The van der Waals surface area contributed by atoms with E-state index in [9.17, 15) is 8.42 Å². The van der Waals surface area contributed by atoms with E-state index in [1.165, 1.54) is 0 Å². The minimum Gasteiger partial charge on any atom is -0.207 e. The summed E-state index contributed by atoms with van der Waals surface area (Å²) in [5.74, 6) is 0.108. The summed E-state index contributed by atoms with van der Waals surface area (Å²) in [7, 11) is -3.37. The van der Waals surface area contributed by atoms with Crippen molar-refractivity contribution in [1.82, 2.24) is 4.72 Å². The van der Waals surface area contributed by atoms with Crippen molar-refractivity contribution in [2.24, 2.45) is 0 Å². The zero-order valence-corrected chi connectivity index (χ0v) is 8.90. The normalized spacial score (nSPS) is 11.5. The Hall–Kier alpha value is -0.520. The highest BCUT2D eigenvalue weighted by Gasteiger charge is 2.13. The molecule has 1 aromatic rings. The van der Waals surface area contributed by atoms with Gasteiger partial charge in [-0.1, -0.05) is 18.2 Å². The van der Waals surface area contributed by atoms with Crippen molar-refractivity contribution >= 4 is 22.7 Å². The number of rotatable bonds is 3. The van der Waals surface area contributed by atoms with E-state index in [0.717, 1.165) is 5.56 Å². The van der Waals surface area contributed by atoms with Crippen molar-refractivity contribution < 1.29 is 8.42 Å². The lowest BCUT2D eigenvalue weighted by atomic mass is 10.2. The average molecular weight is 217 g/mol. The summed E-state index contributed by atoms with van der Waals surface area (Å²) in [4.78, 5) is 0.309. The largest absolute Gasteiger partial charge is 0.241 e. The first-order valence-corrected chi connectivity index (χ1v) is 5.85. The highest BCUT2D eigenvalue weighted by Crippen LogP contribution is 2.13. The smallest absolute Gasteiger partial charge is 0.207 e. The molecule has 0 bridgehead atoms. The Labute approximate surface area is 83.6 Å². The van der Waals surface area contributed by atoms with Crippen LogP contribution in [0.2, 0.25) is 0 Å². The second-order valence-electron chi connectivity index (χ2n) is 2.57. The molecule has 0 amide bonds. The van der Waals surface area contributed by atoms with Gasteiger partial charge in [0, 0.05) is 0 Å². The van der Waals surface area contributed by atoms with E-state index in [2.05, 4.69) is 17.4 Å². The summed E-state index contributed by atoms with van der Waals surface area (Å²) in [6.45, 7) is 1.76. The fraction of sp³-hybridized carbons (Fsp3) is 0.250. The predicted molar refractivity (Wildman–Crippen MR) is 55.4 cm³/mol. The molecule has 3 nitrogen and oxygen atoms in total. The van der Waals surface area contributed by atoms with Crippen LogP contribution in [0.5, 0.6) is 0 Å². The number of nitrogens with one attached hydrogen (secondary N) is 1. The molecule has 0 saturated carbocycles. The maximum atomic E-state index is 11.5. The van der Waals surface area contributed by atoms with Crippen molar-refractivity contribution in [1.29, 1.82) is 0 Å². The molecule has 0 spiro atoms. The lowest BCUT2D eigenvalue weighted by molar-refractivity contribution is 0.587. The Kier molecular flexibility index (Phi) is 3.35. The second-order valence-corrected chi connectivity index (χ2v) is 4.62. The van der Waals surface area contributed by atoms with E-state index >= 15 is 0 Å². The molecule has 0 aliphatic carbocycles. The number of sulfonamides is 1. The van der Waals surface area contributed by atoms with Gasteiger partial charge in [-0.05, 0) is 18.6 Å². The Bertz CT molecular complexity index is 387. The van der Waals surface area contributed by atoms with Gasteiger partial charge in [0.05, 0.1) is 10.8 Å². The lowest BCUT2D eigenvalue weighted by Gasteiger charge is -2.06. The molecule has 5 heteroatoms. The minimum absolute atomic E-state index is 0.108. The van der Waals surface area contributed by atoms with Gasteiger partial charge in [-0.2, -0.15) is 12.6 Å². The van der Waals surface area contributed by atoms with Gasteiger partial charge in [0.25, 0.3) is 0 Å². The third kappa shape index (κ3) is 2.46. The van der Waals surface area contributed by atoms with E-state index < -0.39 is 10.0 Å². The summed E-state index contributed by atoms with van der Waals surface area (Å²) < 4.78 is 25.3. The second kappa shape index (κ2) is 4.13. The third-order valence-electron chi connectivity index (χ3n) is 1.64. The minimum atomic E-state index is -3.37. The van der Waals surface area contributed by atoms with Crippen molar-refractivity contribution in [2.45, 2.75) is 11.8 Å². The van der Waals surface area contributed by atoms with Crippen LogP contribution in [0.1, 0.15) is 5.56 Å². The Morgan fingerprint density at radius 1 is 1.38 bits per heavy atom. The Balaban J connectivity index is 3.15. The Morgan fingerprint density at radius 2 is 2.00 bits per heavy atom. The summed E-state index contributed by atoms with van der Waals surface area (Å²) in [6.07, 6.45) is 0. The molecule has 0 heterocycles. The first-order valence-electron chi connectivity index (χ1n) is 3.74. The predicted octanol–water partition coefficient (Wildman–Crippen LogP) is 1.16. The topological polar surface area (TPSA) is 46.2 Å². The van der Waals surface area contributed by atoms with Crippen LogP contribution in [-0.4, -0.2) is 14.3 Å². The molecule has 0 fully saturated rings. The van der Waals surface area contributed by atoms with Crippen LogP contribution >= 0.6 is 12.6 Å². The van der Waals surface area contributed by atoms with E-state index in [0.29, 0.717) is 4.90 Å². The SMILES string of the molecule is Cc1ccccc1S(=O)(=O)NCS. The van der Waals surface area contributed by atoms with Gasteiger partial charge < -0.3 is 0 Å². The summed E-state index contributed by atoms with van der Waals surface area (Å²) in [5, 5.41) is 0. The van der Waals surface area contributed by atoms with Gasteiger partial charge in [-0.15, -0.1) is 0 Å². The number of benzene rings is 1. The summed E-state index contributed by atoms with van der Waals surface area (Å²) >= 11 is 3.81. The van der Waals surface area contributed by atoms with Gasteiger partial charge in [-0.3, -0.25) is 0 Å². The molecule has 1 aromatic carbocycles. The quantitative estimate of drug-likeness (QED) is 0.589. The molecule has 0 aliphatic heterocycles. The lowest BCUT2D eigenvalue weighted by Crippen LogP contribution is -2.22. The fourth-order valence-electron chi connectivity index (χ4n) is 1.02. The average Bonchev–Trinajstić information content (AvgIpc) is 2.04. The van der Waals surface area contributed by atoms with E-state index in [1.54, 1.807) is 31.2 Å². The van der Waals surface area contributed by atoms with Crippen LogP contribution in [0, 0.1) is 6.92 Å². The van der Waals surface area contributed by atoms with Gasteiger partial charge in [0.15, 0.2) is 0 Å². The van der Waals surface area contributed by atoms with Crippen molar-refractivity contribution in [3.05, 3.63) is 29.8 Å². The molecule has 0 saturated heterocycles. The van der Waals surface area contributed by atoms with E-state index in [-0.39, 0.29) is 5.88 Å². The van der Waals surface area contributed by atoms with Crippen LogP contribution in [-0.2, 0) is 10.0 Å². The van der Waals surface area contributed by atoms with Gasteiger partial charge in [0.1, 0.15) is 0 Å². The highest BCUT2D eigenvalue weighted by atomic mass is 32.2. The first kappa shape index (κ1) is 10.6. The maximum absolute atomic E-state index is 11.5. The first-order chi connectivity index (χ1) is 6.08. The molecule has 0 aliphatic rings. The van der Waals surface area contributed by atoms with Gasteiger partial charge in [-0.25, -0.2) is 13.1 Å². The zero-order valence-electron chi connectivity index (χ0n) is 7.19. The molecule has 0 unspecified atom stereocenters. The van der Waals surface area contributed by atoms with E-state index in [4.69, 9.17) is 0 Å². The highest BCUT2D eigenvalue weighted by molar-refractivity contribution is 7.90. The standard InChI is InChI=1S/C8H11NO2S2/c1-7-4-2-3-5-8(7)13(10,11)9-6-12/h2-5,9,12H,6H2,1H3. The van der Waals surface area contributed by atoms with E-state index in [1.807, 2.05) is 0 Å². The molecule has 1 rings (SSSR count). The summed E-state index contributed by atoms with van der Waals surface area (Å²) in [5.41, 5.74) is 0.733. The molecule has 13 heavy (non-hydrogen) atoms. The van der Waals surface area contributed by atoms with Gasteiger partial charge >= 0.3 is 0 Å². The number of hydrogen-bond acceptors (Lipinski definition) is 3. The molecule has 0 radical (unpaired) electrons. The zero-order chi connectivity index (χ0) is 9.90. The van der Waals surface area contributed by atoms with Crippen LogP contribution in [0.25, 0.3) is 0 Å². The molecular formula is C8H11NO2S2. The molecule has 0 aromatic heterocycles. The monoisotopic (exact) mass is 217 g/mol. The Morgan fingerprint density at radius 3 is 2.54 bits per heavy atom. The molecular weight excluding hydrogens is 206 g/mol. The molecule has 0 atom stereocenters. The number of aryl methyl sites for hydroxylation is 1. The van der Waals surface area contributed by atoms with Crippen LogP contribution in [0.15, 0.2) is 29.2 Å². The van der Waals surface area contributed by atoms with Crippen LogP contribution in [0.3, 0.4) is 0 Å². The van der Waals surface area contributed by atoms with Crippen LogP contribution < -0.4 is 4.72 Å². The van der Waals surface area contributed by atoms with Crippen molar-refractivity contribution in [3.63, 3.8) is 0 Å². The fourth-order valence-corrected chi connectivity index (χ4v) is 2.61. The number of thiol groups is 1. The molecule has 1 N–H and O–H groups in total. The van der Waals surface area contributed by atoms with Crippen LogP contribution in [0.4, 0.5) is 0 Å². The van der Waals surface area contributed by atoms with Crippen molar-refractivity contribution in [2.75, 3.05) is 5.88 Å². The summed E-state index contributed by atoms with van der Waals surface area (Å²) in [6, 6.07) is 6.82. The number of hydrogen-bond donors (Lipinski definition) is 2. The van der Waals surface area contributed by atoms with Crippen molar-refractivity contribution in [3.8, 4) is 0 Å². The maximum Gasteiger partial charge on any atom is 0.241 e. The van der Waals surface area contributed by atoms with Gasteiger partial charge in [0.2, 0.25) is 10.0 Å². The third-order valence-corrected chi connectivity index (χ3v) is 3.57.